The lowest BCUT2D eigenvalue weighted by atomic mass is 9.70. The fourth-order valence-corrected chi connectivity index (χ4v) is 5.09. The van der Waals surface area contributed by atoms with E-state index in [1.165, 1.54) is 38.5 Å². The number of hydrogen-bond donors (Lipinski definition) is 1. The van der Waals surface area contributed by atoms with Crippen molar-refractivity contribution in [3.8, 4) is 0 Å². The second kappa shape index (κ2) is 7.03. The van der Waals surface area contributed by atoms with Crippen molar-refractivity contribution in [2.24, 2.45) is 22.7 Å². The average molecular weight is 309 g/mol. The van der Waals surface area contributed by atoms with Crippen LogP contribution in [-0.4, -0.2) is 17.0 Å². The van der Waals surface area contributed by atoms with Gasteiger partial charge in [0.2, 0.25) is 0 Å². The molecule has 0 radical (unpaired) electrons. The van der Waals surface area contributed by atoms with Gasteiger partial charge in [-0.25, -0.2) is 0 Å². The second-order valence-electron chi connectivity index (χ2n) is 8.57. The molecule has 1 N–H and O–H groups in total. The van der Waals surface area contributed by atoms with Crippen LogP contribution in [0.3, 0.4) is 0 Å². The van der Waals surface area contributed by atoms with Crippen molar-refractivity contribution in [2.75, 3.05) is 0 Å². The zero-order chi connectivity index (χ0) is 16.4. The molecule has 0 amide bonds. The lowest BCUT2D eigenvalue weighted by Crippen LogP contribution is -2.37. The maximum absolute atomic E-state index is 12.8. The SMILES string of the molecule is CCCCCCCCC[C@@H](O)[C@@H]1C(=O)[C@]2(C)CC[C@H]1C2(C)C. The zero-order valence-corrected chi connectivity index (χ0v) is 15.2. The summed E-state index contributed by atoms with van der Waals surface area (Å²) in [6.45, 7) is 8.85. The number of carbonyl (C=O) groups excluding carboxylic acids is 1. The molecule has 0 saturated heterocycles. The van der Waals surface area contributed by atoms with Crippen molar-refractivity contribution in [3.05, 3.63) is 0 Å². The number of ketones is 1. The number of carbonyl (C=O) groups is 1. The van der Waals surface area contributed by atoms with Crippen LogP contribution in [0.25, 0.3) is 0 Å². The summed E-state index contributed by atoms with van der Waals surface area (Å²) in [6.07, 6.45) is 11.4. The molecule has 128 valence electrons. The number of rotatable bonds is 9. The van der Waals surface area contributed by atoms with Gasteiger partial charge in [0.05, 0.1) is 6.10 Å². The van der Waals surface area contributed by atoms with Gasteiger partial charge >= 0.3 is 0 Å². The third-order valence-corrected chi connectivity index (χ3v) is 7.10. The Labute approximate surface area is 137 Å². The van der Waals surface area contributed by atoms with E-state index in [4.69, 9.17) is 0 Å². The Morgan fingerprint density at radius 3 is 2.23 bits per heavy atom. The molecule has 4 atom stereocenters. The summed E-state index contributed by atoms with van der Waals surface area (Å²) < 4.78 is 0. The highest BCUT2D eigenvalue weighted by Gasteiger charge is 2.67. The molecule has 0 aromatic heterocycles. The Bertz CT molecular complexity index is 387. The first-order valence-corrected chi connectivity index (χ1v) is 9.58. The average Bonchev–Trinajstić information content (AvgIpc) is 2.78. The van der Waals surface area contributed by atoms with Crippen LogP contribution >= 0.6 is 0 Å². The lowest BCUT2D eigenvalue weighted by Gasteiger charge is -2.32. The molecule has 2 saturated carbocycles. The highest BCUT2D eigenvalue weighted by molar-refractivity contribution is 5.92. The maximum Gasteiger partial charge on any atom is 0.145 e. The normalized spacial score (nSPS) is 34.3. The minimum Gasteiger partial charge on any atom is -0.392 e. The molecular formula is C20H36O2. The lowest BCUT2D eigenvalue weighted by molar-refractivity contribution is -0.135. The van der Waals surface area contributed by atoms with E-state index in [0.29, 0.717) is 11.7 Å². The largest absolute Gasteiger partial charge is 0.392 e. The molecule has 2 bridgehead atoms. The van der Waals surface area contributed by atoms with Crippen LogP contribution in [0.4, 0.5) is 0 Å². The van der Waals surface area contributed by atoms with E-state index < -0.39 is 6.10 Å². The number of hydrogen-bond acceptors (Lipinski definition) is 2. The van der Waals surface area contributed by atoms with Gasteiger partial charge in [0.25, 0.3) is 0 Å². The summed E-state index contributed by atoms with van der Waals surface area (Å²) in [5, 5.41) is 10.6. The number of aliphatic hydroxyl groups excluding tert-OH is 1. The molecule has 0 aromatic carbocycles. The summed E-state index contributed by atoms with van der Waals surface area (Å²) in [5.41, 5.74) is -0.126. The molecule has 2 nitrogen and oxygen atoms in total. The van der Waals surface area contributed by atoms with Crippen molar-refractivity contribution in [2.45, 2.75) is 98.0 Å². The molecule has 2 aliphatic carbocycles. The third kappa shape index (κ3) is 3.00. The summed E-state index contributed by atoms with van der Waals surface area (Å²) in [5.74, 6) is 0.655. The summed E-state index contributed by atoms with van der Waals surface area (Å²) >= 11 is 0. The molecule has 2 fully saturated rings. The van der Waals surface area contributed by atoms with E-state index in [-0.39, 0.29) is 16.7 Å². The van der Waals surface area contributed by atoms with Crippen molar-refractivity contribution >= 4 is 5.78 Å². The molecule has 0 aromatic rings. The summed E-state index contributed by atoms with van der Waals surface area (Å²) in [7, 11) is 0. The Morgan fingerprint density at radius 1 is 1.09 bits per heavy atom. The highest BCUT2D eigenvalue weighted by Crippen LogP contribution is 2.66. The molecule has 22 heavy (non-hydrogen) atoms. The van der Waals surface area contributed by atoms with Gasteiger partial charge in [-0.1, -0.05) is 72.6 Å². The van der Waals surface area contributed by atoms with Gasteiger partial charge in [-0.2, -0.15) is 0 Å². The van der Waals surface area contributed by atoms with Crippen LogP contribution in [0.1, 0.15) is 91.9 Å². The van der Waals surface area contributed by atoms with Crippen molar-refractivity contribution in [1.82, 2.24) is 0 Å². The van der Waals surface area contributed by atoms with E-state index in [2.05, 4.69) is 27.7 Å². The molecular weight excluding hydrogens is 272 g/mol. The first-order chi connectivity index (χ1) is 10.4. The predicted molar refractivity (Wildman–Crippen MR) is 91.7 cm³/mol. The summed E-state index contributed by atoms with van der Waals surface area (Å²) in [6, 6.07) is 0. The first-order valence-electron chi connectivity index (χ1n) is 9.58. The Morgan fingerprint density at radius 2 is 1.68 bits per heavy atom. The predicted octanol–water partition coefficient (Wildman–Crippen LogP) is 5.13. The van der Waals surface area contributed by atoms with Crippen molar-refractivity contribution in [1.29, 1.82) is 0 Å². The molecule has 0 spiro atoms. The first kappa shape index (κ1) is 18.0. The number of fused-ring (bicyclic) bond motifs is 2. The number of Topliss-reactive ketones (excluding diaryl/α,β-unsaturated/α-hetero) is 1. The van der Waals surface area contributed by atoms with E-state index >= 15 is 0 Å². The third-order valence-electron chi connectivity index (χ3n) is 7.10. The number of unbranched alkanes of at least 4 members (excludes halogenated alkanes) is 6. The molecule has 2 rings (SSSR count). The fraction of sp³-hybridized carbons (Fsp3) is 0.950. The monoisotopic (exact) mass is 308 g/mol. The van der Waals surface area contributed by atoms with Gasteiger partial charge in [-0.3, -0.25) is 4.79 Å². The Hall–Kier alpha value is -0.370. The van der Waals surface area contributed by atoms with Gasteiger partial charge in [-0.15, -0.1) is 0 Å². The van der Waals surface area contributed by atoms with Crippen molar-refractivity contribution in [3.63, 3.8) is 0 Å². The van der Waals surface area contributed by atoms with Crippen LogP contribution in [0.5, 0.6) is 0 Å². The maximum atomic E-state index is 12.8. The number of aliphatic hydroxyl groups is 1. The van der Waals surface area contributed by atoms with E-state index in [1.54, 1.807) is 0 Å². The fourth-order valence-electron chi connectivity index (χ4n) is 5.09. The van der Waals surface area contributed by atoms with Crippen LogP contribution in [0, 0.1) is 22.7 Å². The van der Waals surface area contributed by atoms with E-state index in [1.807, 2.05) is 0 Å². The standard InChI is InChI=1S/C20H36O2/c1-5-6-7-8-9-10-11-12-16(21)17-15-13-14-20(4,18(17)22)19(15,2)3/h15-17,21H,5-14H2,1-4H3/t15-,16-,17-,20+/m1/s1. The summed E-state index contributed by atoms with van der Waals surface area (Å²) in [4.78, 5) is 12.8. The molecule has 0 unspecified atom stereocenters. The van der Waals surface area contributed by atoms with E-state index in [0.717, 1.165) is 25.7 Å². The zero-order valence-electron chi connectivity index (χ0n) is 15.2. The van der Waals surface area contributed by atoms with Crippen LogP contribution in [0.15, 0.2) is 0 Å². The second-order valence-corrected chi connectivity index (χ2v) is 8.57. The molecule has 0 heterocycles. The Balaban J connectivity index is 1.77. The van der Waals surface area contributed by atoms with Gasteiger partial charge in [-0.05, 0) is 30.6 Å². The molecule has 2 heteroatoms. The highest BCUT2D eigenvalue weighted by atomic mass is 16.3. The minimum absolute atomic E-state index is 0.0654. The molecule has 0 aliphatic heterocycles. The Kier molecular flexibility index (Phi) is 5.74. The van der Waals surface area contributed by atoms with Gasteiger partial charge in [0, 0.05) is 11.3 Å². The minimum atomic E-state index is -0.408. The smallest absolute Gasteiger partial charge is 0.145 e. The van der Waals surface area contributed by atoms with Crippen LogP contribution in [0.2, 0.25) is 0 Å². The topological polar surface area (TPSA) is 37.3 Å². The van der Waals surface area contributed by atoms with Crippen LogP contribution < -0.4 is 0 Å². The van der Waals surface area contributed by atoms with Gasteiger partial charge in [0.15, 0.2) is 0 Å². The van der Waals surface area contributed by atoms with Crippen molar-refractivity contribution < 1.29 is 9.90 Å². The van der Waals surface area contributed by atoms with Gasteiger partial charge in [0.1, 0.15) is 5.78 Å². The quantitative estimate of drug-likeness (QED) is 0.600. The van der Waals surface area contributed by atoms with E-state index in [9.17, 15) is 9.90 Å². The van der Waals surface area contributed by atoms with Crippen LogP contribution in [-0.2, 0) is 4.79 Å². The molecule has 2 aliphatic rings. The van der Waals surface area contributed by atoms with Gasteiger partial charge < -0.3 is 5.11 Å².